The standard InChI is InChI=1S/C10H22N2O3/c1-5-8(14)10(3,15-4)9(7(2)11)12-6-13/h6-9,14H,5,11H2,1-4H3,(H,12,13)/t7-,8-,9-,10-/m1/s1. The van der Waals surface area contributed by atoms with E-state index in [0.717, 1.165) is 0 Å². The predicted molar refractivity (Wildman–Crippen MR) is 58.3 cm³/mol. The van der Waals surface area contributed by atoms with Crippen molar-refractivity contribution in [2.45, 2.75) is 51.0 Å². The summed E-state index contributed by atoms with van der Waals surface area (Å²) in [6.07, 6.45) is 0.438. The molecule has 0 aromatic heterocycles. The van der Waals surface area contributed by atoms with Crippen molar-refractivity contribution < 1.29 is 14.6 Å². The average Bonchev–Trinajstić information content (AvgIpc) is 2.23. The summed E-state index contributed by atoms with van der Waals surface area (Å²) in [5, 5.41) is 12.5. The van der Waals surface area contributed by atoms with E-state index in [1.165, 1.54) is 7.11 Å². The van der Waals surface area contributed by atoms with Gasteiger partial charge in [0.15, 0.2) is 0 Å². The molecule has 1 amide bonds. The highest BCUT2D eigenvalue weighted by Crippen LogP contribution is 2.23. The smallest absolute Gasteiger partial charge is 0.207 e. The fourth-order valence-electron chi connectivity index (χ4n) is 1.79. The molecule has 0 rings (SSSR count). The Labute approximate surface area is 91.0 Å². The maximum atomic E-state index is 10.5. The molecule has 0 radical (unpaired) electrons. The van der Waals surface area contributed by atoms with Gasteiger partial charge in [0.05, 0.1) is 12.1 Å². The van der Waals surface area contributed by atoms with E-state index in [0.29, 0.717) is 12.8 Å². The maximum Gasteiger partial charge on any atom is 0.207 e. The summed E-state index contributed by atoms with van der Waals surface area (Å²) in [5.74, 6) is 0. The minimum atomic E-state index is -0.871. The van der Waals surface area contributed by atoms with Crippen LogP contribution in [-0.4, -0.2) is 42.4 Å². The third-order valence-electron chi connectivity index (χ3n) is 2.88. The second-order valence-electron chi connectivity index (χ2n) is 3.93. The molecule has 5 heteroatoms. The number of nitrogens with two attached hydrogens (primary N) is 1. The molecule has 0 fully saturated rings. The van der Waals surface area contributed by atoms with Gasteiger partial charge in [-0.2, -0.15) is 0 Å². The predicted octanol–water partition coefficient (Wildman–Crippen LogP) is -0.376. The summed E-state index contributed by atoms with van der Waals surface area (Å²) in [6, 6.07) is -0.726. The first-order chi connectivity index (χ1) is 6.93. The molecule has 0 aromatic carbocycles. The van der Waals surface area contributed by atoms with E-state index < -0.39 is 17.7 Å². The Kier molecular flexibility index (Phi) is 5.79. The minimum absolute atomic E-state index is 0.304. The molecular formula is C10H22N2O3. The molecular weight excluding hydrogens is 196 g/mol. The number of carbonyl (C=O) groups is 1. The summed E-state index contributed by atoms with van der Waals surface area (Å²) in [5.41, 5.74) is 4.89. The van der Waals surface area contributed by atoms with E-state index >= 15 is 0 Å². The van der Waals surface area contributed by atoms with Crippen LogP contribution < -0.4 is 11.1 Å². The number of amides is 1. The van der Waals surface area contributed by atoms with Crippen LogP contribution >= 0.6 is 0 Å². The molecule has 5 nitrogen and oxygen atoms in total. The van der Waals surface area contributed by atoms with Gasteiger partial charge in [-0.1, -0.05) is 6.92 Å². The molecule has 0 aliphatic rings. The van der Waals surface area contributed by atoms with Gasteiger partial charge in [0.25, 0.3) is 0 Å². The van der Waals surface area contributed by atoms with E-state index in [9.17, 15) is 9.90 Å². The summed E-state index contributed by atoms with van der Waals surface area (Å²) in [4.78, 5) is 10.5. The van der Waals surface area contributed by atoms with Gasteiger partial charge < -0.3 is 20.9 Å². The fraction of sp³-hybridized carbons (Fsp3) is 0.900. The Bertz CT molecular complexity index is 199. The first-order valence-corrected chi connectivity index (χ1v) is 5.12. The summed E-state index contributed by atoms with van der Waals surface area (Å²) < 4.78 is 5.32. The average molecular weight is 218 g/mol. The number of aliphatic hydroxyl groups excluding tert-OH is 1. The molecule has 0 unspecified atom stereocenters. The molecule has 0 saturated heterocycles. The van der Waals surface area contributed by atoms with Crippen molar-refractivity contribution in [1.29, 1.82) is 0 Å². The number of nitrogens with one attached hydrogen (secondary N) is 1. The minimum Gasteiger partial charge on any atom is -0.390 e. The maximum absolute atomic E-state index is 10.5. The van der Waals surface area contributed by atoms with Gasteiger partial charge in [-0.15, -0.1) is 0 Å². The Morgan fingerprint density at radius 3 is 2.47 bits per heavy atom. The largest absolute Gasteiger partial charge is 0.390 e. The number of carbonyl (C=O) groups excluding carboxylic acids is 1. The third kappa shape index (κ3) is 3.15. The Hall–Kier alpha value is -0.650. The van der Waals surface area contributed by atoms with Gasteiger partial charge in [0, 0.05) is 13.2 Å². The van der Waals surface area contributed by atoms with E-state index in [1.807, 2.05) is 6.92 Å². The Balaban J connectivity index is 4.92. The highest BCUT2D eigenvalue weighted by molar-refractivity contribution is 5.47. The lowest BCUT2D eigenvalue weighted by molar-refractivity contribution is -0.127. The van der Waals surface area contributed by atoms with Crippen LogP contribution in [0.15, 0.2) is 0 Å². The molecule has 0 heterocycles. The zero-order valence-electron chi connectivity index (χ0n) is 9.86. The van der Waals surface area contributed by atoms with Crippen LogP contribution in [-0.2, 0) is 9.53 Å². The highest BCUT2D eigenvalue weighted by Gasteiger charge is 2.42. The SMILES string of the molecule is CC[C@@H](O)[C@@](C)(OC)[C@H](NC=O)[C@@H](C)N. The lowest BCUT2D eigenvalue weighted by Gasteiger charge is -2.41. The van der Waals surface area contributed by atoms with Crippen LogP contribution in [0, 0.1) is 0 Å². The van der Waals surface area contributed by atoms with Crippen LogP contribution in [0.4, 0.5) is 0 Å². The van der Waals surface area contributed by atoms with Gasteiger partial charge in [-0.3, -0.25) is 4.79 Å². The van der Waals surface area contributed by atoms with E-state index in [4.69, 9.17) is 10.5 Å². The first kappa shape index (κ1) is 14.3. The van der Waals surface area contributed by atoms with Gasteiger partial charge in [-0.05, 0) is 20.3 Å². The highest BCUT2D eigenvalue weighted by atomic mass is 16.5. The van der Waals surface area contributed by atoms with Crippen molar-refractivity contribution in [3.8, 4) is 0 Å². The molecule has 4 N–H and O–H groups in total. The fourth-order valence-corrected chi connectivity index (χ4v) is 1.79. The first-order valence-electron chi connectivity index (χ1n) is 5.12. The van der Waals surface area contributed by atoms with E-state index in [2.05, 4.69) is 5.32 Å². The van der Waals surface area contributed by atoms with Gasteiger partial charge in [0.2, 0.25) is 6.41 Å². The molecule has 0 saturated carbocycles. The van der Waals surface area contributed by atoms with Crippen LogP contribution in [0.2, 0.25) is 0 Å². The number of hydrogen-bond donors (Lipinski definition) is 3. The van der Waals surface area contributed by atoms with Crippen molar-refractivity contribution in [3.05, 3.63) is 0 Å². The van der Waals surface area contributed by atoms with E-state index in [-0.39, 0.29) is 6.04 Å². The lowest BCUT2D eigenvalue weighted by Crippen LogP contribution is -2.63. The van der Waals surface area contributed by atoms with Crippen LogP contribution in [0.5, 0.6) is 0 Å². The number of rotatable bonds is 7. The van der Waals surface area contributed by atoms with E-state index in [1.54, 1.807) is 13.8 Å². The normalized spacial score (nSPS) is 21.2. The van der Waals surface area contributed by atoms with Crippen molar-refractivity contribution in [1.82, 2.24) is 5.32 Å². The second-order valence-corrected chi connectivity index (χ2v) is 3.93. The molecule has 0 aliphatic carbocycles. The van der Waals surface area contributed by atoms with Crippen molar-refractivity contribution in [2.24, 2.45) is 5.73 Å². The summed E-state index contributed by atoms with van der Waals surface area (Å²) >= 11 is 0. The topological polar surface area (TPSA) is 84.6 Å². The lowest BCUT2D eigenvalue weighted by atomic mass is 9.85. The third-order valence-corrected chi connectivity index (χ3v) is 2.88. The van der Waals surface area contributed by atoms with Crippen molar-refractivity contribution in [2.75, 3.05) is 7.11 Å². The summed E-state index contributed by atoms with van der Waals surface area (Å²) in [7, 11) is 1.50. The van der Waals surface area contributed by atoms with Gasteiger partial charge in [-0.25, -0.2) is 0 Å². The molecule has 0 aromatic rings. The van der Waals surface area contributed by atoms with Crippen molar-refractivity contribution >= 4 is 6.41 Å². The summed E-state index contributed by atoms with van der Waals surface area (Å²) in [6.45, 7) is 5.35. The van der Waals surface area contributed by atoms with Crippen LogP contribution in [0.1, 0.15) is 27.2 Å². The molecule has 4 atom stereocenters. The zero-order chi connectivity index (χ0) is 12.1. The molecule has 90 valence electrons. The van der Waals surface area contributed by atoms with Gasteiger partial charge in [0.1, 0.15) is 5.60 Å². The molecule has 0 spiro atoms. The Morgan fingerprint density at radius 2 is 2.20 bits per heavy atom. The zero-order valence-corrected chi connectivity index (χ0v) is 9.86. The number of aliphatic hydroxyl groups is 1. The monoisotopic (exact) mass is 218 g/mol. The number of hydrogen-bond acceptors (Lipinski definition) is 4. The quantitative estimate of drug-likeness (QED) is 0.509. The molecule has 0 aliphatic heterocycles. The Morgan fingerprint density at radius 1 is 1.67 bits per heavy atom. The van der Waals surface area contributed by atoms with Gasteiger partial charge >= 0.3 is 0 Å². The number of ether oxygens (including phenoxy) is 1. The van der Waals surface area contributed by atoms with Crippen LogP contribution in [0.25, 0.3) is 0 Å². The van der Waals surface area contributed by atoms with Crippen LogP contribution in [0.3, 0.4) is 0 Å². The molecule has 0 bridgehead atoms. The second kappa shape index (κ2) is 6.05. The number of methoxy groups -OCH3 is 1. The molecule has 15 heavy (non-hydrogen) atoms. The van der Waals surface area contributed by atoms with Crippen molar-refractivity contribution in [3.63, 3.8) is 0 Å².